The summed E-state index contributed by atoms with van der Waals surface area (Å²) in [5.41, 5.74) is 6.05. The van der Waals surface area contributed by atoms with Crippen LogP contribution in [0.1, 0.15) is 26.4 Å². The monoisotopic (exact) mass is 809 g/mol. The van der Waals surface area contributed by atoms with Gasteiger partial charge in [0.05, 0.1) is 21.3 Å². The normalized spacial score (nSPS) is 11.2. The minimum atomic E-state index is -0.677. The van der Waals surface area contributed by atoms with Crippen molar-refractivity contribution >= 4 is 107 Å². The van der Waals surface area contributed by atoms with E-state index in [-0.39, 0.29) is 16.3 Å². The quantitative estimate of drug-likeness (QED) is 0.0590. The van der Waals surface area contributed by atoms with Gasteiger partial charge in [0.25, 0.3) is 5.91 Å². The lowest BCUT2D eigenvalue weighted by atomic mass is 10.0. The number of carbonyl (C=O) groups excluding carboxylic acids is 2. The van der Waals surface area contributed by atoms with Gasteiger partial charge in [-0.25, -0.2) is 10.2 Å². The highest BCUT2D eigenvalue weighted by molar-refractivity contribution is 14.1. The van der Waals surface area contributed by atoms with E-state index in [9.17, 15) is 9.59 Å². The summed E-state index contributed by atoms with van der Waals surface area (Å²) in [6, 6.07) is 23.5. The first-order valence-electron chi connectivity index (χ1n) is 11.6. The van der Waals surface area contributed by atoms with Crippen molar-refractivity contribution in [3.63, 3.8) is 0 Å². The van der Waals surface area contributed by atoms with Gasteiger partial charge in [0.2, 0.25) is 0 Å². The van der Waals surface area contributed by atoms with Crippen LogP contribution in [-0.4, -0.2) is 23.1 Å². The number of benzene rings is 4. The molecular formula is C29H16Br2Cl2IN3O3. The average Bonchev–Trinajstić information content (AvgIpc) is 3.29. The first kappa shape index (κ1) is 28.8. The van der Waals surface area contributed by atoms with Crippen molar-refractivity contribution in [2.24, 2.45) is 5.10 Å². The van der Waals surface area contributed by atoms with E-state index in [4.69, 9.17) is 27.9 Å². The lowest BCUT2D eigenvalue weighted by molar-refractivity contribution is 0.0733. The Labute approximate surface area is 269 Å². The average molecular weight is 812 g/mol. The summed E-state index contributed by atoms with van der Waals surface area (Å²) in [4.78, 5) is 29.5. The van der Waals surface area contributed by atoms with Crippen molar-refractivity contribution in [3.8, 4) is 16.9 Å². The standard InChI is InChI=1S/C29H16Br2Cl2IN3O3/c30-17-10-16(27(22(31)11-17)40-29(39)20-8-6-18(32)12-23(20)33)14-35-37-28(38)26-25(15-4-2-1-3-5-15)21-13-19(34)7-9-24(21)36-26/h1-14,36H,(H,37,38). The van der Waals surface area contributed by atoms with Gasteiger partial charge in [-0.05, 0) is 92.6 Å². The number of ether oxygens (including phenoxy) is 1. The Morgan fingerprint density at radius 1 is 0.975 bits per heavy atom. The highest BCUT2D eigenvalue weighted by Gasteiger charge is 2.20. The lowest BCUT2D eigenvalue weighted by Gasteiger charge is -2.11. The van der Waals surface area contributed by atoms with Crippen LogP contribution in [0.2, 0.25) is 10.0 Å². The van der Waals surface area contributed by atoms with Crippen LogP contribution in [0.25, 0.3) is 22.0 Å². The molecule has 0 saturated heterocycles. The number of H-pyrrole nitrogens is 1. The van der Waals surface area contributed by atoms with Gasteiger partial charge in [0.15, 0.2) is 5.75 Å². The summed E-state index contributed by atoms with van der Waals surface area (Å²) < 4.78 is 7.91. The van der Waals surface area contributed by atoms with Gasteiger partial charge in [0.1, 0.15) is 5.69 Å². The molecule has 6 nitrogen and oxygen atoms in total. The highest BCUT2D eigenvalue weighted by Crippen LogP contribution is 2.35. The Morgan fingerprint density at radius 2 is 1.75 bits per heavy atom. The second kappa shape index (κ2) is 12.4. The Morgan fingerprint density at radius 3 is 2.50 bits per heavy atom. The van der Waals surface area contributed by atoms with Crippen LogP contribution < -0.4 is 10.2 Å². The summed E-state index contributed by atoms with van der Waals surface area (Å²) in [7, 11) is 0. The maximum absolute atomic E-state index is 13.3. The van der Waals surface area contributed by atoms with E-state index in [0.717, 1.165) is 25.6 Å². The number of hydrogen-bond acceptors (Lipinski definition) is 4. The molecule has 0 aliphatic rings. The first-order valence-corrected chi connectivity index (χ1v) is 15.0. The number of aromatic nitrogens is 1. The van der Waals surface area contributed by atoms with Gasteiger partial charge in [-0.3, -0.25) is 4.79 Å². The predicted molar refractivity (Wildman–Crippen MR) is 175 cm³/mol. The second-order valence-corrected chi connectivity index (χ2v) is 12.3. The molecule has 1 amide bonds. The molecular weight excluding hydrogens is 796 g/mol. The Bertz CT molecular complexity index is 1810. The van der Waals surface area contributed by atoms with E-state index >= 15 is 0 Å². The molecule has 0 bridgehead atoms. The lowest BCUT2D eigenvalue weighted by Crippen LogP contribution is -2.19. The van der Waals surface area contributed by atoms with Crippen LogP contribution in [0.3, 0.4) is 0 Å². The zero-order valence-corrected chi connectivity index (χ0v) is 27.0. The van der Waals surface area contributed by atoms with Gasteiger partial charge < -0.3 is 9.72 Å². The molecule has 1 heterocycles. The van der Waals surface area contributed by atoms with E-state index in [1.54, 1.807) is 18.2 Å². The predicted octanol–water partition coefficient (Wildman–Crippen LogP) is 9.25. The Balaban J connectivity index is 1.44. The number of fused-ring (bicyclic) bond motifs is 1. The molecule has 0 unspecified atom stereocenters. The van der Waals surface area contributed by atoms with Crippen molar-refractivity contribution < 1.29 is 14.3 Å². The summed E-state index contributed by atoms with van der Waals surface area (Å²) in [6.07, 6.45) is 1.40. The minimum Gasteiger partial charge on any atom is -0.421 e. The van der Waals surface area contributed by atoms with Crippen LogP contribution >= 0.6 is 77.7 Å². The topological polar surface area (TPSA) is 83.5 Å². The van der Waals surface area contributed by atoms with Gasteiger partial charge in [-0.15, -0.1) is 0 Å². The molecule has 0 saturated carbocycles. The molecule has 5 rings (SSSR count). The number of hydrazone groups is 1. The third-order valence-corrected chi connectivity index (χ3v) is 8.07. The van der Waals surface area contributed by atoms with Crippen molar-refractivity contribution in [2.75, 3.05) is 0 Å². The van der Waals surface area contributed by atoms with Crippen LogP contribution in [0, 0.1) is 3.57 Å². The fourth-order valence-electron chi connectivity index (χ4n) is 4.04. The van der Waals surface area contributed by atoms with Crippen molar-refractivity contribution in [1.29, 1.82) is 0 Å². The highest BCUT2D eigenvalue weighted by atomic mass is 127. The zero-order valence-electron chi connectivity index (χ0n) is 20.1. The molecule has 0 aliphatic carbocycles. The van der Waals surface area contributed by atoms with Crippen LogP contribution in [0.4, 0.5) is 0 Å². The Kier molecular flexibility index (Phi) is 8.96. The molecule has 2 N–H and O–H groups in total. The van der Waals surface area contributed by atoms with Gasteiger partial charge in [-0.2, -0.15) is 5.10 Å². The number of halogens is 5. The Hall–Kier alpha value is -2.70. The van der Waals surface area contributed by atoms with Crippen LogP contribution in [0.5, 0.6) is 5.75 Å². The zero-order chi connectivity index (χ0) is 28.4. The SMILES string of the molecule is O=C(Oc1c(Br)cc(Br)cc1C=NNC(=O)c1[nH]c2ccc(I)cc2c1-c1ccccc1)c1ccc(Cl)cc1Cl. The molecule has 40 heavy (non-hydrogen) atoms. The van der Waals surface area contributed by atoms with Crippen molar-refractivity contribution in [1.82, 2.24) is 10.4 Å². The number of nitrogens with one attached hydrogen (secondary N) is 2. The maximum atomic E-state index is 13.3. The summed E-state index contributed by atoms with van der Waals surface area (Å²) >= 11 is 21.2. The maximum Gasteiger partial charge on any atom is 0.345 e. The number of nitrogens with zero attached hydrogens (tertiary/aromatic N) is 1. The van der Waals surface area contributed by atoms with E-state index in [2.05, 4.69) is 70.0 Å². The number of aromatic amines is 1. The van der Waals surface area contributed by atoms with Crippen molar-refractivity contribution in [3.05, 3.63) is 118 Å². The van der Waals surface area contributed by atoms with E-state index in [1.165, 1.54) is 18.3 Å². The summed E-state index contributed by atoms with van der Waals surface area (Å²) in [5, 5.41) is 5.66. The second-order valence-electron chi connectivity index (χ2n) is 8.45. The number of carbonyl (C=O) groups is 2. The number of esters is 1. The molecule has 4 aromatic carbocycles. The minimum absolute atomic E-state index is 0.152. The number of amides is 1. The van der Waals surface area contributed by atoms with Gasteiger partial charge in [0, 0.05) is 35.1 Å². The molecule has 200 valence electrons. The van der Waals surface area contributed by atoms with Gasteiger partial charge >= 0.3 is 5.97 Å². The first-order chi connectivity index (χ1) is 19.2. The third kappa shape index (κ3) is 6.28. The largest absolute Gasteiger partial charge is 0.421 e. The van der Waals surface area contributed by atoms with Crippen LogP contribution in [0.15, 0.2) is 92.9 Å². The number of rotatable bonds is 6. The van der Waals surface area contributed by atoms with Crippen molar-refractivity contribution in [2.45, 2.75) is 0 Å². The van der Waals surface area contributed by atoms with E-state index in [0.29, 0.717) is 25.2 Å². The molecule has 5 aromatic rings. The smallest absolute Gasteiger partial charge is 0.345 e. The molecule has 0 atom stereocenters. The van der Waals surface area contributed by atoms with Crippen LogP contribution in [-0.2, 0) is 0 Å². The third-order valence-electron chi connectivity index (χ3n) is 5.80. The summed E-state index contributed by atoms with van der Waals surface area (Å²) in [6.45, 7) is 0. The molecule has 0 radical (unpaired) electrons. The molecule has 0 spiro atoms. The molecule has 0 fully saturated rings. The van der Waals surface area contributed by atoms with E-state index < -0.39 is 11.9 Å². The molecule has 0 aliphatic heterocycles. The molecule has 11 heteroatoms. The van der Waals surface area contributed by atoms with Gasteiger partial charge in [-0.1, -0.05) is 69.5 Å². The fraction of sp³-hybridized carbons (Fsp3) is 0. The number of hydrogen-bond donors (Lipinski definition) is 2. The fourth-order valence-corrected chi connectivity index (χ4v) is 6.36. The molecule has 1 aromatic heterocycles. The summed E-state index contributed by atoms with van der Waals surface area (Å²) in [5.74, 6) is -0.909. The van der Waals surface area contributed by atoms with E-state index in [1.807, 2.05) is 48.5 Å².